The van der Waals surface area contributed by atoms with Gasteiger partial charge in [0.2, 0.25) is 5.91 Å². The van der Waals surface area contributed by atoms with Crippen molar-refractivity contribution >= 4 is 64.0 Å². The number of carbonyl (C=O) groups excluding carboxylic acids is 3. The second-order valence-electron chi connectivity index (χ2n) is 9.06. The average Bonchev–Trinajstić information content (AvgIpc) is 3.55. The third-order valence-corrected chi connectivity index (χ3v) is 7.89. The zero-order valence-electron chi connectivity index (χ0n) is 22.5. The summed E-state index contributed by atoms with van der Waals surface area (Å²) in [4.78, 5) is 42.9. The zero-order chi connectivity index (χ0) is 29.1. The summed E-state index contributed by atoms with van der Waals surface area (Å²) < 4.78 is 0. The molecule has 42 heavy (non-hydrogen) atoms. The number of benzene rings is 4. The predicted molar refractivity (Wildman–Crippen MR) is 172 cm³/mol. The van der Waals surface area contributed by atoms with Crippen LogP contribution < -0.4 is 15.5 Å². The molecule has 1 aromatic heterocycles. The molecule has 8 heteroatoms. The summed E-state index contributed by atoms with van der Waals surface area (Å²) in [5, 5.41) is 7.54. The van der Waals surface area contributed by atoms with Crippen LogP contribution in [-0.4, -0.2) is 23.5 Å². The van der Waals surface area contributed by atoms with E-state index in [1.54, 1.807) is 41.3 Å². The number of thioether (sulfide) groups is 1. The van der Waals surface area contributed by atoms with Crippen LogP contribution in [0.25, 0.3) is 6.08 Å². The first-order chi connectivity index (χ1) is 20.6. The summed E-state index contributed by atoms with van der Waals surface area (Å²) >= 11 is 2.84. The number of carbonyl (C=O) groups is 3. The molecule has 0 aliphatic rings. The molecule has 0 atom stereocenters. The van der Waals surface area contributed by atoms with Crippen LogP contribution in [0.3, 0.4) is 0 Å². The molecule has 1 heterocycles. The average molecular weight is 590 g/mol. The van der Waals surface area contributed by atoms with Crippen LogP contribution in [0.5, 0.6) is 0 Å². The topological polar surface area (TPSA) is 78.5 Å². The first-order valence-electron chi connectivity index (χ1n) is 13.2. The van der Waals surface area contributed by atoms with E-state index in [2.05, 4.69) is 10.6 Å². The van der Waals surface area contributed by atoms with Gasteiger partial charge in [0.1, 0.15) is 5.70 Å². The maximum Gasteiger partial charge on any atom is 0.272 e. The van der Waals surface area contributed by atoms with E-state index >= 15 is 0 Å². The molecule has 0 spiro atoms. The Balaban J connectivity index is 1.29. The molecular weight excluding hydrogens is 563 g/mol. The van der Waals surface area contributed by atoms with Gasteiger partial charge in [0.25, 0.3) is 11.8 Å². The fraction of sp³-hybridized carbons (Fsp3) is 0.0294. The highest BCUT2D eigenvalue weighted by Crippen LogP contribution is 2.28. The number of nitrogens with one attached hydrogen (secondary N) is 2. The van der Waals surface area contributed by atoms with E-state index in [1.165, 1.54) is 23.1 Å². The lowest BCUT2D eigenvalue weighted by Gasteiger charge is -2.23. The normalized spacial score (nSPS) is 11.0. The minimum absolute atomic E-state index is 0.0726. The molecule has 2 N–H and O–H groups in total. The molecule has 0 aliphatic heterocycles. The minimum atomic E-state index is -0.453. The van der Waals surface area contributed by atoms with Crippen LogP contribution >= 0.6 is 23.1 Å². The van der Waals surface area contributed by atoms with Crippen LogP contribution in [0.4, 0.5) is 17.1 Å². The van der Waals surface area contributed by atoms with Gasteiger partial charge in [-0.25, -0.2) is 0 Å². The van der Waals surface area contributed by atoms with Gasteiger partial charge in [-0.15, -0.1) is 23.1 Å². The Labute approximate surface area is 252 Å². The zero-order valence-corrected chi connectivity index (χ0v) is 24.1. The van der Waals surface area contributed by atoms with E-state index in [0.717, 1.165) is 21.1 Å². The first kappa shape index (κ1) is 28.6. The van der Waals surface area contributed by atoms with E-state index in [4.69, 9.17) is 0 Å². The van der Waals surface area contributed by atoms with Crippen LogP contribution in [-0.2, 0) is 9.59 Å². The van der Waals surface area contributed by atoms with Crippen molar-refractivity contribution in [3.8, 4) is 0 Å². The molecule has 0 radical (unpaired) electrons. The van der Waals surface area contributed by atoms with Crippen molar-refractivity contribution in [2.24, 2.45) is 0 Å². The lowest BCUT2D eigenvalue weighted by Crippen LogP contribution is -2.30. The van der Waals surface area contributed by atoms with Crippen molar-refractivity contribution in [3.05, 3.63) is 149 Å². The first-order valence-corrected chi connectivity index (χ1v) is 15.0. The van der Waals surface area contributed by atoms with Gasteiger partial charge >= 0.3 is 0 Å². The predicted octanol–water partition coefficient (Wildman–Crippen LogP) is 7.61. The van der Waals surface area contributed by atoms with Gasteiger partial charge in [0, 0.05) is 32.4 Å². The lowest BCUT2D eigenvalue weighted by atomic mass is 10.2. The Hall–Kier alpha value is -4.92. The number of anilines is 3. The lowest BCUT2D eigenvalue weighted by molar-refractivity contribution is -0.115. The summed E-state index contributed by atoms with van der Waals surface area (Å²) in [6.07, 6.45) is 1.65. The van der Waals surface area contributed by atoms with Gasteiger partial charge in [-0.1, -0.05) is 66.7 Å². The van der Waals surface area contributed by atoms with Gasteiger partial charge in [-0.05, 0) is 72.1 Å². The molecule has 0 aliphatic carbocycles. The highest BCUT2D eigenvalue weighted by molar-refractivity contribution is 8.00. The van der Waals surface area contributed by atoms with E-state index in [-0.39, 0.29) is 23.3 Å². The summed E-state index contributed by atoms with van der Waals surface area (Å²) in [5.41, 5.74) is 2.70. The second kappa shape index (κ2) is 14.1. The van der Waals surface area contributed by atoms with Gasteiger partial charge in [0.05, 0.1) is 5.75 Å². The molecule has 6 nitrogen and oxygen atoms in total. The van der Waals surface area contributed by atoms with Crippen molar-refractivity contribution in [1.82, 2.24) is 5.32 Å². The van der Waals surface area contributed by atoms with Crippen molar-refractivity contribution in [2.75, 3.05) is 16.0 Å². The fourth-order valence-electron chi connectivity index (χ4n) is 4.12. The Bertz CT molecular complexity index is 1630. The van der Waals surface area contributed by atoms with Crippen LogP contribution in [0.2, 0.25) is 0 Å². The third kappa shape index (κ3) is 7.63. The number of hydrogen-bond acceptors (Lipinski definition) is 5. The number of amides is 3. The molecule has 5 aromatic rings. The third-order valence-electron chi connectivity index (χ3n) is 6.09. The maximum atomic E-state index is 13.4. The number of para-hydroxylation sites is 2. The van der Waals surface area contributed by atoms with Crippen LogP contribution in [0.15, 0.2) is 143 Å². The molecule has 5 rings (SSSR count). The molecular formula is C34H27N3O3S2. The van der Waals surface area contributed by atoms with Gasteiger partial charge in [-0.3, -0.25) is 19.3 Å². The van der Waals surface area contributed by atoms with E-state index in [1.807, 2.05) is 102 Å². The highest BCUT2D eigenvalue weighted by atomic mass is 32.2. The molecule has 0 saturated carbocycles. The number of nitrogens with zero attached hydrogens (tertiary/aromatic N) is 1. The second-order valence-corrected chi connectivity index (χ2v) is 11.1. The standard InChI is InChI=1S/C34H27N3O3S2/c38-32(37(27-15-6-2-7-16-27)28-17-8-3-9-18-28)24-42-29-19-10-14-26(22-29)35-34(40)31(23-30-20-11-21-41-30)36-33(39)25-12-4-1-5-13-25/h1-23H,24H2,(H,35,40)(H,36,39)/b31-23+. The SMILES string of the molecule is O=C(Nc1cccc(SCC(=O)N(c2ccccc2)c2ccccc2)c1)/C(=C\c1cccs1)NC(=O)c1ccccc1. The van der Waals surface area contributed by atoms with Crippen molar-refractivity contribution in [3.63, 3.8) is 0 Å². The monoisotopic (exact) mass is 589 g/mol. The molecule has 0 unspecified atom stereocenters. The Kier molecular flexibility index (Phi) is 9.61. The summed E-state index contributed by atoms with van der Waals surface area (Å²) in [5.74, 6) is -0.711. The molecule has 4 aromatic carbocycles. The van der Waals surface area contributed by atoms with Crippen molar-refractivity contribution in [2.45, 2.75) is 4.90 Å². The molecule has 0 bridgehead atoms. The van der Waals surface area contributed by atoms with E-state index in [0.29, 0.717) is 11.3 Å². The quantitative estimate of drug-likeness (QED) is 0.130. The molecule has 0 fully saturated rings. The number of hydrogen-bond donors (Lipinski definition) is 2. The smallest absolute Gasteiger partial charge is 0.272 e. The Morgan fingerprint density at radius 1 is 0.738 bits per heavy atom. The van der Waals surface area contributed by atoms with Crippen LogP contribution in [0, 0.1) is 0 Å². The summed E-state index contributed by atoms with van der Waals surface area (Å²) in [6.45, 7) is 0. The molecule has 208 valence electrons. The Morgan fingerprint density at radius 3 is 2.00 bits per heavy atom. The van der Waals surface area contributed by atoms with E-state index in [9.17, 15) is 14.4 Å². The van der Waals surface area contributed by atoms with Crippen LogP contribution in [0.1, 0.15) is 15.2 Å². The maximum absolute atomic E-state index is 13.4. The summed E-state index contributed by atoms with van der Waals surface area (Å²) in [7, 11) is 0. The fourth-order valence-corrected chi connectivity index (χ4v) is 5.58. The molecule has 3 amide bonds. The van der Waals surface area contributed by atoms with Gasteiger partial charge in [-0.2, -0.15) is 0 Å². The van der Waals surface area contributed by atoms with Crippen molar-refractivity contribution in [1.29, 1.82) is 0 Å². The largest absolute Gasteiger partial charge is 0.321 e. The van der Waals surface area contributed by atoms with Gasteiger partial charge < -0.3 is 10.6 Å². The Morgan fingerprint density at radius 2 is 1.38 bits per heavy atom. The minimum Gasteiger partial charge on any atom is -0.321 e. The highest BCUT2D eigenvalue weighted by Gasteiger charge is 2.19. The molecule has 0 saturated heterocycles. The number of thiophene rings is 1. The number of rotatable bonds is 10. The van der Waals surface area contributed by atoms with Gasteiger partial charge in [0.15, 0.2) is 0 Å². The van der Waals surface area contributed by atoms with Crippen molar-refractivity contribution < 1.29 is 14.4 Å². The van der Waals surface area contributed by atoms with E-state index < -0.39 is 5.91 Å². The summed E-state index contributed by atoms with van der Waals surface area (Å²) in [6, 6.07) is 38.9.